The van der Waals surface area contributed by atoms with Crippen LogP contribution < -0.4 is 20.7 Å². The highest BCUT2D eigenvalue weighted by atomic mass is 79.9. The molecule has 2 heterocycles. The topological polar surface area (TPSA) is 52.6 Å². The van der Waals surface area contributed by atoms with Crippen molar-refractivity contribution >= 4 is 124 Å². The monoisotopic (exact) mass is 1340 g/mol. The molecule has 10 rings (SSSR count). The van der Waals surface area contributed by atoms with Crippen molar-refractivity contribution in [2.24, 2.45) is 0 Å². The summed E-state index contributed by atoms with van der Waals surface area (Å²) in [6.07, 6.45) is 4.47. The van der Waals surface area contributed by atoms with Crippen molar-refractivity contribution < 1.29 is 23.4 Å². The van der Waals surface area contributed by atoms with E-state index in [1.165, 1.54) is 35.1 Å². The lowest BCUT2D eigenvalue weighted by Gasteiger charge is -2.32. The number of hydrogen-bond acceptors (Lipinski definition) is 7. The predicted molar refractivity (Wildman–Crippen MR) is 357 cm³/mol. The Morgan fingerprint density at radius 1 is 0.395 bits per heavy atom. The smallest absolute Gasteiger partial charge is 0.399 e. The van der Waals surface area contributed by atoms with Crippen molar-refractivity contribution in [1.82, 2.24) is 0 Å². The maximum Gasteiger partial charge on any atom is 0.494 e. The number of nitrogens with zero attached hydrogens (tertiary/aromatic N) is 2. The van der Waals surface area contributed by atoms with Gasteiger partial charge in [-0.3, -0.25) is 0 Å². The zero-order chi connectivity index (χ0) is 57.1. The van der Waals surface area contributed by atoms with E-state index in [1.54, 1.807) is 0 Å². The van der Waals surface area contributed by atoms with Crippen LogP contribution in [0.15, 0.2) is 214 Å². The Bertz CT molecular complexity index is 2970. The summed E-state index contributed by atoms with van der Waals surface area (Å²) >= 11 is 10.5. The van der Waals surface area contributed by atoms with Gasteiger partial charge in [0.15, 0.2) is 0 Å². The Morgan fingerprint density at radius 3 is 1.05 bits per heavy atom. The Hall–Kier alpha value is -4.79. The standard InChI is InChI=1S/C34H45B2NO4.C18H12Br3N.C16H18O.BrH/c1-10-11-12-25-13-19-28(20-14-25)37(29-21-15-26(16-22-29)35-38-31(2,3)32(4,5)39-35)30-23-17-27(18-24-30)36-40-33(6,7)34(8,9)41-36;19-13-1-7-16(8-2-13)22(17-9-3-14(20)4-10-17)18-11-5-15(21)6-12-18;1-14-7-9-16(10-8-14)13-17-12-11-15-5-3-2-4-6-15;/h13-24H,10-12H2,1-9H3;1-12H;2-10H,11-13H2,1H3;1H. The van der Waals surface area contributed by atoms with Gasteiger partial charge >= 0.3 is 14.2 Å². The fourth-order valence-corrected chi connectivity index (χ4v) is 9.88. The van der Waals surface area contributed by atoms with E-state index in [1.807, 2.05) is 6.07 Å². The minimum Gasteiger partial charge on any atom is -0.399 e. The largest absolute Gasteiger partial charge is 0.494 e. The van der Waals surface area contributed by atoms with E-state index in [9.17, 15) is 0 Å². The van der Waals surface area contributed by atoms with Crippen molar-refractivity contribution in [2.75, 3.05) is 16.4 Å². The number of anilines is 6. The first-order chi connectivity index (χ1) is 38.2. The highest BCUT2D eigenvalue weighted by Crippen LogP contribution is 2.40. The van der Waals surface area contributed by atoms with Gasteiger partial charge in [-0.1, -0.05) is 158 Å². The molecule has 0 aliphatic carbocycles. The Kier molecular flexibility index (Phi) is 22.6. The molecule has 2 aliphatic heterocycles. The van der Waals surface area contributed by atoms with Crippen LogP contribution in [0.5, 0.6) is 0 Å². The molecule has 2 aliphatic rings. The molecule has 7 nitrogen and oxygen atoms in total. The second kappa shape index (κ2) is 28.7. The number of ether oxygens (including phenoxy) is 1. The third kappa shape index (κ3) is 17.0. The Morgan fingerprint density at radius 2 is 0.704 bits per heavy atom. The first kappa shape index (κ1) is 63.8. The van der Waals surface area contributed by atoms with E-state index in [-0.39, 0.29) is 53.6 Å². The lowest BCUT2D eigenvalue weighted by molar-refractivity contribution is 0.00578. The van der Waals surface area contributed by atoms with Crippen LogP contribution >= 0.6 is 64.8 Å². The highest BCUT2D eigenvalue weighted by Gasteiger charge is 2.52. The van der Waals surface area contributed by atoms with E-state index >= 15 is 0 Å². The fourth-order valence-electron chi connectivity index (χ4n) is 9.09. The van der Waals surface area contributed by atoms with E-state index in [2.05, 4.69) is 321 Å². The van der Waals surface area contributed by atoms with Crippen LogP contribution in [0.25, 0.3) is 0 Å². The normalized spacial score (nSPS) is 15.4. The minimum atomic E-state index is -0.389. The van der Waals surface area contributed by atoms with E-state index in [0.717, 1.165) is 77.9 Å². The first-order valence-electron chi connectivity index (χ1n) is 27.8. The quantitative estimate of drug-likeness (QED) is 0.0706. The summed E-state index contributed by atoms with van der Waals surface area (Å²) in [4.78, 5) is 4.51. The number of hydrogen-bond donors (Lipinski definition) is 0. The molecule has 422 valence electrons. The summed E-state index contributed by atoms with van der Waals surface area (Å²) in [6.45, 7) is 22.5. The summed E-state index contributed by atoms with van der Waals surface area (Å²) in [5.41, 5.74) is 12.3. The summed E-state index contributed by atoms with van der Waals surface area (Å²) in [5.74, 6) is 0. The zero-order valence-electron chi connectivity index (χ0n) is 48.4. The van der Waals surface area contributed by atoms with Crippen molar-refractivity contribution in [3.63, 3.8) is 0 Å². The second-order valence-corrected chi connectivity index (χ2v) is 25.3. The van der Waals surface area contributed by atoms with Crippen LogP contribution in [0.2, 0.25) is 0 Å². The SMILES string of the molecule is Br.Brc1ccc(N(c2ccc(Br)cc2)c2ccc(Br)cc2)cc1.CCCCc1ccc(N(c2ccc(B3OC(C)(C)C(C)(C)O3)cc2)c2ccc(B3OC(C)(C)C(C)(C)O3)cc2)cc1.Cc1ccc(COCCc2ccccc2)cc1. The van der Waals surface area contributed by atoms with E-state index in [0.29, 0.717) is 6.61 Å². The minimum absolute atomic E-state index is 0. The summed E-state index contributed by atoms with van der Waals surface area (Å²) in [6, 6.07) is 69.8. The number of unbranched alkanes of at least 4 members (excludes halogenated alkanes) is 1. The average Bonchev–Trinajstić information content (AvgIpc) is 4.02. The van der Waals surface area contributed by atoms with Crippen LogP contribution in [0, 0.1) is 6.92 Å². The van der Waals surface area contributed by atoms with Gasteiger partial charge < -0.3 is 33.2 Å². The van der Waals surface area contributed by atoms with Crippen molar-refractivity contribution in [2.45, 2.75) is 124 Å². The molecule has 0 spiro atoms. The number of aryl methyl sites for hydroxylation is 2. The first-order valence-corrected chi connectivity index (χ1v) is 30.1. The van der Waals surface area contributed by atoms with Gasteiger partial charge in [-0.2, -0.15) is 0 Å². The molecular formula is C68H76B2Br4N2O5. The molecule has 2 saturated heterocycles. The molecule has 0 N–H and O–H groups in total. The molecule has 0 aromatic heterocycles. The molecule has 8 aromatic carbocycles. The second-order valence-electron chi connectivity index (χ2n) is 22.5. The predicted octanol–water partition coefficient (Wildman–Crippen LogP) is 18.9. The van der Waals surface area contributed by atoms with E-state index < -0.39 is 0 Å². The molecule has 2 fully saturated rings. The third-order valence-electron chi connectivity index (χ3n) is 15.4. The molecule has 0 unspecified atom stereocenters. The van der Waals surface area contributed by atoms with Crippen LogP contribution in [0.3, 0.4) is 0 Å². The Balaban J connectivity index is 0.000000197. The van der Waals surface area contributed by atoms with Crippen molar-refractivity contribution in [1.29, 1.82) is 0 Å². The number of rotatable bonds is 16. The summed E-state index contributed by atoms with van der Waals surface area (Å²) in [5, 5.41) is 0. The average molecular weight is 1340 g/mol. The van der Waals surface area contributed by atoms with Crippen LogP contribution in [-0.4, -0.2) is 43.2 Å². The highest BCUT2D eigenvalue weighted by molar-refractivity contribution is 9.11. The maximum absolute atomic E-state index is 6.30. The van der Waals surface area contributed by atoms with Gasteiger partial charge in [0.1, 0.15) is 0 Å². The molecule has 13 heteroatoms. The molecule has 0 saturated carbocycles. The lowest BCUT2D eigenvalue weighted by Crippen LogP contribution is -2.41. The molecule has 0 bridgehead atoms. The van der Waals surface area contributed by atoms with Gasteiger partial charge in [0, 0.05) is 47.5 Å². The number of benzene rings is 8. The summed E-state index contributed by atoms with van der Waals surface area (Å²) in [7, 11) is -0.779. The van der Waals surface area contributed by atoms with Crippen molar-refractivity contribution in [3.05, 3.63) is 236 Å². The molecule has 0 radical (unpaired) electrons. The zero-order valence-corrected chi connectivity index (χ0v) is 54.9. The molecule has 8 aromatic rings. The molecule has 0 amide bonds. The van der Waals surface area contributed by atoms with Crippen LogP contribution in [0.1, 0.15) is 97.4 Å². The van der Waals surface area contributed by atoms with Gasteiger partial charge in [-0.25, -0.2) is 0 Å². The van der Waals surface area contributed by atoms with Gasteiger partial charge in [0.25, 0.3) is 0 Å². The van der Waals surface area contributed by atoms with Crippen molar-refractivity contribution in [3.8, 4) is 0 Å². The van der Waals surface area contributed by atoms with Crippen LogP contribution in [-0.2, 0) is 42.8 Å². The summed E-state index contributed by atoms with van der Waals surface area (Å²) < 4.78 is 34.1. The van der Waals surface area contributed by atoms with Gasteiger partial charge in [-0.15, -0.1) is 17.0 Å². The number of halogens is 4. The third-order valence-corrected chi connectivity index (χ3v) is 17.0. The van der Waals surface area contributed by atoms with Gasteiger partial charge in [-0.05, 0) is 218 Å². The van der Waals surface area contributed by atoms with Gasteiger partial charge in [0.2, 0.25) is 0 Å². The fraction of sp³-hybridized carbons (Fsp3) is 0.294. The Labute approximate surface area is 519 Å². The van der Waals surface area contributed by atoms with Crippen LogP contribution in [0.4, 0.5) is 34.1 Å². The molecular weight excluding hydrogens is 1270 g/mol. The molecule has 81 heavy (non-hydrogen) atoms. The van der Waals surface area contributed by atoms with E-state index in [4.69, 9.17) is 23.4 Å². The van der Waals surface area contributed by atoms with Gasteiger partial charge in [0.05, 0.1) is 35.6 Å². The molecule has 0 atom stereocenters. The maximum atomic E-state index is 6.30. The lowest BCUT2D eigenvalue weighted by atomic mass is 9.79.